The molecule has 1 aromatic heterocycles. The van der Waals surface area contributed by atoms with Crippen LogP contribution in [-0.4, -0.2) is 24.0 Å². The summed E-state index contributed by atoms with van der Waals surface area (Å²) >= 11 is 0. The molecule has 0 radical (unpaired) electrons. The van der Waals surface area contributed by atoms with E-state index in [0.29, 0.717) is 5.89 Å². The Morgan fingerprint density at radius 2 is 2.19 bits per heavy atom. The number of aryl methyl sites for hydroxylation is 1. The van der Waals surface area contributed by atoms with Crippen LogP contribution in [0.25, 0.3) is 11.3 Å². The molecule has 1 saturated heterocycles. The second kappa shape index (κ2) is 6.10. The maximum Gasteiger partial charge on any atom is 0.228 e. The van der Waals surface area contributed by atoms with Gasteiger partial charge in [-0.1, -0.05) is 12.1 Å². The van der Waals surface area contributed by atoms with E-state index in [-0.39, 0.29) is 11.8 Å². The first-order valence-electron chi connectivity index (χ1n) is 7.26. The molecule has 1 aromatic carbocycles. The number of carbonyl (C=O) groups is 1. The molecule has 1 fully saturated rings. The summed E-state index contributed by atoms with van der Waals surface area (Å²) in [4.78, 5) is 16.4. The first kappa shape index (κ1) is 13.8. The fourth-order valence-corrected chi connectivity index (χ4v) is 2.54. The molecule has 1 aliphatic heterocycles. The lowest BCUT2D eigenvalue weighted by Gasteiger charge is -2.21. The number of nitrogens with one attached hydrogen (secondary N) is 2. The van der Waals surface area contributed by atoms with Crippen molar-refractivity contribution in [3.05, 3.63) is 36.4 Å². The molecule has 0 spiro atoms. The average molecular weight is 285 g/mol. The molecule has 1 unspecified atom stereocenters. The normalized spacial score (nSPS) is 18.4. The highest BCUT2D eigenvalue weighted by Crippen LogP contribution is 2.21. The van der Waals surface area contributed by atoms with Crippen molar-refractivity contribution in [2.24, 2.45) is 5.92 Å². The van der Waals surface area contributed by atoms with Gasteiger partial charge in [-0.05, 0) is 31.5 Å². The smallest absolute Gasteiger partial charge is 0.228 e. The van der Waals surface area contributed by atoms with Gasteiger partial charge in [-0.15, -0.1) is 0 Å². The Labute approximate surface area is 123 Å². The average Bonchev–Trinajstić information content (AvgIpc) is 2.95. The quantitative estimate of drug-likeness (QED) is 0.909. The topological polar surface area (TPSA) is 67.2 Å². The van der Waals surface area contributed by atoms with Crippen LogP contribution in [0.3, 0.4) is 0 Å². The first-order chi connectivity index (χ1) is 10.2. The van der Waals surface area contributed by atoms with E-state index in [1.807, 2.05) is 31.2 Å². The van der Waals surface area contributed by atoms with Crippen molar-refractivity contribution in [3.63, 3.8) is 0 Å². The van der Waals surface area contributed by atoms with Gasteiger partial charge >= 0.3 is 0 Å². The molecule has 1 atom stereocenters. The molecule has 0 aliphatic carbocycles. The SMILES string of the molecule is Cc1nc(-c2ccc(NC(=O)C3CCCNC3)cc2)co1. The molecule has 0 saturated carbocycles. The zero-order valence-corrected chi connectivity index (χ0v) is 12.1. The third-order valence-corrected chi connectivity index (χ3v) is 3.73. The van der Waals surface area contributed by atoms with E-state index in [1.54, 1.807) is 6.26 Å². The number of carbonyl (C=O) groups excluding carboxylic acids is 1. The van der Waals surface area contributed by atoms with Crippen molar-refractivity contribution in [1.82, 2.24) is 10.3 Å². The monoisotopic (exact) mass is 285 g/mol. The van der Waals surface area contributed by atoms with E-state index < -0.39 is 0 Å². The van der Waals surface area contributed by atoms with Gasteiger partial charge in [0.2, 0.25) is 5.91 Å². The number of hydrogen-bond acceptors (Lipinski definition) is 4. The van der Waals surface area contributed by atoms with Crippen molar-refractivity contribution in [3.8, 4) is 11.3 Å². The van der Waals surface area contributed by atoms with E-state index in [4.69, 9.17) is 4.42 Å². The lowest BCUT2D eigenvalue weighted by molar-refractivity contribution is -0.120. The Balaban J connectivity index is 1.65. The predicted molar refractivity (Wildman–Crippen MR) is 80.9 cm³/mol. The summed E-state index contributed by atoms with van der Waals surface area (Å²) in [7, 11) is 0. The maximum absolute atomic E-state index is 12.1. The van der Waals surface area contributed by atoms with Gasteiger partial charge in [-0.2, -0.15) is 0 Å². The molecule has 2 N–H and O–H groups in total. The number of piperidine rings is 1. The number of amides is 1. The molecular formula is C16H19N3O2. The lowest BCUT2D eigenvalue weighted by Crippen LogP contribution is -2.37. The second-order valence-corrected chi connectivity index (χ2v) is 5.36. The van der Waals surface area contributed by atoms with Crippen LogP contribution in [0.2, 0.25) is 0 Å². The van der Waals surface area contributed by atoms with Crippen LogP contribution < -0.4 is 10.6 Å². The van der Waals surface area contributed by atoms with Crippen LogP contribution in [-0.2, 0) is 4.79 Å². The van der Waals surface area contributed by atoms with Crippen molar-refractivity contribution in [2.75, 3.05) is 18.4 Å². The fraction of sp³-hybridized carbons (Fsp3) is 0.375. The van der Waals surface area contributed by atoms with Gasteiger partial charge < -0.3 is 15.1 Å². The van der Waals surface area contributed by atoms with Crippen LogP contribution in [0.15, 0.2) is 34.9 Å². The van der Waals surface area contributed by atoms with Gasteiger partial charge in [0, 0.05) is 24.7 Å². The highest BCUT2D eigenvalue weighted by Gasteiger charge is 2.20. The predicted octanol–water partition coefficient (Wildman–Crippen LogP) is 2.59. The molecule has 1 amide bonds. The molecule has 2 aromatic rings. The second-order valence-electron chi connectivity index (χ2n) is 5.36. The van der Waals surface area contributed by atoms with Crippen molar-refractivity contribution in [1.29, 1.82) is 0 Å². The van der Waals surface area contributed by atoms with E-state index >= 15 is 0 Å². The van der Waals surface area contributed by atoms with Gasteiger partial charge in [0.15, 0.2) is 5.89 Å². The summed E-state index contributed by atoms with van der Waals surface area (Å²) in [6.45, 7) is 3.59. The Bertz CT molecular complexity index is 613. The van der Waals surface area contributed by atoms with Gasteiger partial charge in [0.25, 0.3) is 0 Å². The van der Waals surface area contributed by atoms with Crippen LogP contribution in [0.1, 0.15) is 18.7 Å². The Hall–Kier alpha value is -2.14. The minimum absolute atomic E-state index is 0.0663. The summed E-state index contributed by atoms with van der Waals surface area (Å²) in [5.41, 5.74) is 2.60. The Morgan fingerprint density at radius 3 is 2.81 bits per heavy atom. The number of oxazole rings is 1. The van der Waals surface area contributed by atoms with Gasteiger partial charge in [-0.25, -0.2) is 4.98 Å². The molecule has 2 heterocycles. The Kier molecular flexibility index (Phi) is 4.01. The molecule has 5 heteroatoms. The largest absolute Gasteiger partial charge is 0.449 e. The van der Waals surface area contributed by atoms with Crippen LogP contribution in [0.5, 0.6) is 0 Å². The molecule has 5 nitrogen and oxygen atoms in total. The maximum atomic E-state index is 12.1. The number of aromatic nitrogens is 1. The van der Waals surface area contributed by atoms with E-state index in [2.05, 4.69) is 15.6 Å². The first-order valence-corrected chi connectivity index (χ1v) is 7.26. The summed E-state index contributed by atoms with van der Waals surface area (Å²) in [6, 6.07) is 7.67. The molecule has 3 rings (SSSR count). The number of rotatable bonds is 3. The number of hydrogen-bond donors (Lipinski definition) is 2. The van der Waals surface area contributed by atoms with E-state index in [1.165, 1.54) is 0 Å². The van der Waals surface area contributed by atoms with Gasteiger partial charge in [-0.3, -0.25) is 4.79 Å². The number of anilines is 1. The minimum atomic E-state index is 0.0663. The van der Waals surface area contributed by atoms with Crippen molar-refractivity contribution < 1.29 is 9.21 Å². The fourth-order valence-electron chi connectivity index (χ4n) is 2.54. The summed E-state index contributed by atoms with van der Waals surface area (Å²) in [5, 5.41) is 6.23. The van der Waals surface area contributed by atoms with E-state index in [9.17, 15) is 4.79 Å². The molecule has 21 heavy (non-hydrogen) atoms. The number of nitrogens with zero attached hydrogens (tertiary/aromatic N) is 1. The zero-order chi connectivity index (χ0) is 14.7. The third-order valence-electron chi connectivity index (χ3n) is 3.73. The van der Waals surface area contributed by atoms with Crippen LogP contribution in [0.4, 0.5) is 5.69 Å². The van der Waals surface area contributed by atoms with Crippen LogP contribution >= 0.6 is 0 Å². The highest BCUT2D eigenvalue weighted by atomic mass is 16.3. The zero-order valence-electron chi connectivity index (χ0n) is 12.1. The summed E-state index contributed by atoms with van der Waals surface area (Å²) in [6.07, 6.45) is 3.65. The van der Waals surface area contributed by atoms with E-state index in [0.717, 1.165) is 42.9 Å². The molecule has 0 bridgehead atoms. The van der Waals surface area contributed by atoms with Crippen molar-refractivity contribution >= 4 is 11.6 Å². The highest BCUT2D eigenvalue weighted by molar-refractivity contribution is 5.93. The van der Waals surface area contributed by atoms with Gasteiger partial charge in [0.05, 0.1) is 5.92 Å². The standard InChI is InChI=1S/C16H19N3O2/c1-11-18-15(10-21-11)12-4-6-14(7-5-12)19-16(20)13-3-2-8-17-9-13/h4-7,10,13,17H,2-3,8-9H2,1H3,(H,19,20). The van der Waals surface area contributed by atoms with Crippen LogP contribution in [0, 0.1) is 12.8 Å². The molecule has 1 aliphatic rings. The summed E-state index contributed by atoms with van der Waals surface area (Å²) < 4.78 is 5.21. The molecular weight excluding hydrogens is 266 g/mol. The lowest BCUT2D eigenvalue weighted by atomic mass is 9.99. The van der Waals surface area contributed by atoms with Crippen molar-refractivity contribution in [2.45, 2.75) is 19.8 Å². The third kappa shape index (κ3) is 3.31. The summed E-state index contributed by atoms with van der Waals surface area (Å²) in [5.74, 6) is 0.802. The molecule has 110 valence electrons. The Morgan fingerprint density at radius 1 is 1.38 bits per heavy atom. The number of benzene rings is 1. The minimum Gasteiger partial charge on any atom is -0.449 e. The van der Waals surface area contributed by atoms with Gasteiger partial charge in [0.1, 0.15) is 12.0 Å².